The molecule has 1 unspecified atom stereocenters. The number of nitrogens with one attached hydrogen (secondary N) is 1. The van der Waals surface area contributed by atoms with E-state index in [4.69, 9.17) is 0 Å². The number of likely N-dealkylation sites (tertiary alicyclic amines) is 1. The number of hydrogen-bond acceptors (Lipinski definition) is 3. The SMILES string of the molecule is CN(C)C(=O)CN=C(NC1CC1)N1CCC(c2cnn(C)c2)C1.I. The minimum absolute atomic E-state index is 0. The summed E-state index contributed by atoms with van der Waals surface area (Å²) in [6.07, 6.45) is 7.53. The molecule has 1 saturated heterocycles. The number of hydrogen-bond donors (Lipinski definition) is 1. The molecule has 0 radical (unpaired) electrons. The molecule has 1 atom stereocenters. The fraction of sp³-hybridized carbons (Fsp3) is 0.688. The Hall–Kier alpha value is -1.32. The lowest BCUT2D eigenvalue weighted by molar-refractivity contribution is -0.127. The molecule has 24 heavy (non-hydrogen) atoms. The zero-order valence-electron chi connectivity index (χ0n) is 14.6. The second kappa shape index (κ2) is 8.17. The first kappa shape index (κ1) is 19.0. The van der Waals surface area contributed by atoms with Crippen LogP contribution in [0, 0.1) is 0 Å². The molecule has 2 heterocycles. The second-order valence-corrected chi connectivity index (χ2v) is 6.73. The van der Waals surface area contributed by atoms with Crippen LogP contribution >= 0.6 is 24.0 Å². The third-order valence-corrected chi connectivity index (χ3v) is 4.46. The number of aliphatic imine (C=N–C) groups is 1. The Bertz CT molecular complexity index is 595. The lowest BCUT2D eigenvalue weighted by atomic mass is 10.0. The van der Waals surface area contributed by atoms with Crippen LogP contribution in [0.2, 0.25) is 0 Å². The van der Waals surface area contributed by atoms with Crippen molar-refractivity contribution in [3.05, 3.63) is 18.0 Å². The van der Waals surface area contributed by atoms with Gasteiger partial charge in [-0.2, -0.15) is 5.10 Å². The first-order chi connectivity index (χ1) is 11.0. The maximum Gasteiger partial charge on any atom is 0.243 e. The van der Waals surface area contributed by atoms with Gasteiger partial charge in [0.15, 0.2) is 5.96 Å². The van der Waals surface area contributed by atoms with Crippen molar-refractivity contribution < 1.29 is 4.79 Å². The summed E-state index contributed by atoms with van der Waals surface area (Å²) >= 11 is 0. The minimum atomic E-state index is 0. The second-order valence-electron chi connectivity index (χ2n) is 6.73. The van der Waals surface area contributed by atoms with E-state index in [1.165, 1.54) is 18.4 Å². The molecular formula is C16H27IN6O. The first-order valence-electron chi connectivity index (χ1n) is 8.27. The van der Waals surface area contributed by atoms with Gasteiger partial charge in [-0.05, 0) is 24.8 Å². The van der Waals surface area contributed by atoms with Gasteiger partial charge in [0.05, 0.1) is 6.20 Å². The molecular weight excluding hydrogens is 419 g/mol. The van der Waals surface area contributed by atoms with Crippen LogP contribution in [0.5, 0.6) is 0 Å². The van der Waals surface area contributed by atoms with Gasteiger partial charge in [-0.3, -0.25) is 9.48 Å². The van der Waals surface area contributed by atoms with Crippen LogP contribution in [0.4, 0.5) is 0 Å². The molecule has 1 aliphatic heterocycles. The average Bonchev–Trinajstić information content (AvgIpc) is 3.02. The monoisotopic (exact) mass is 446 g/mol. The standard InChI is InChI=1S/C16H26N6O.HI/c1-20(2)15(23)9-17-16(19-14-4-5-14)22-7-6-12(11-22)13-8-18-21(3)10-13;/h8,10,12,14H,4-7,9,11H2,1-3H3,(H,17,19);1H. The summed E-state index contributed by atoms with van der Waals surface area (Å²) in [6.45, 7) is 2.10. The van der Waals surface area contributed by atoms with Gasteiger partial charge < -0.3 is 15.1 Å². The molecule has 2 fully saturated rings. The zero-order valence-corrected chi connectivity index (χ0v) is 16.9. The largest absolute Gasteiger partial charge is 0.353 e. The Morgan fingerprint density at radius 3 is 2.75 bits per heavy atom. The van der Waals surface area contributed by atoms with Crippen LogP contribution in [0.25, 0.3) is 0 Å². The van der Waals surface area contributed by atoms with Gasteiger partial charge in [0.25, 0.3) is 0 Å². The van der Waals surface area contributed by atoms with Crippen LogP contribution in [-0.2, 0) is 11.8 Å². The zero-order chi connectivity index (χ0) is 16.4. The van der Waals surface area contributed by atoms with E-state index in [1.807, 2.05) is 17.9 Å². The highest BCUT2D eigenvalue weighted by atomic mass is 127. The molecule has 0 bridgehead atoms. The molecule has 7 nitrogen and oxygen atoms in total. The van der Waals surface area contributed by atoms with E-state index in [0.29, 0.717) is 12.0 Å². The molecule has 1 N–H and O–H groups in total. The Labute approximate surface area is 160 Å². The average molecular weight is 446 g/mol. The topological polar surface area (TPSA) is 65.8 Å². The molecule has 2 aliphatic rings. The normalized spacial score (nSPS) is 20.7. The van der Waals surface area contributed by atoms with Crippen LogP contribution < -0.4 is 5.32 Å². The maximum absolute atomic E-state index is 11.8. The van der Waals surface area contributed by atoms with Gasteiger partial charge in [0.2, 0.25) is 5.91 Å². The summed E-state index contributed by atoms with van der Waals surface area (Å²) in [5.41, 5.74) is 1.28. The van der Waals surface area contributed by atoms with Crippen molar-refractivity contribution in [2.75, 3.05) is 33.7 Å². The highest BCUT2D eigenvalue weighted by Gasteiger charge is 2.30. The van der Waals surface area contributed by atoms with Crippen molar-refractivity contribution in [3.63, 3.8) is 0 Å². The van der Waals surface area contributed by atoms with E-state index in [9.17, 15) is 4.79 Å². The number of rotatable bonds is 4. The molecule has 1 amide bonds. The molecule has 1 aromatic rings. The Kier molecular flexibility index (Phi) is 6.47. The van der Waals surface area contributed by atoms with E-state index < -0.39 is 0 Å². The van der Waals surface area contributed by atoms with E-state index in [1.54, 1.807) is 19.0 Å². The highest BCUT2D eigenvalue weighted by Crippen LogP contribution is 2.27. The van der Waals surface area contributed by atoms with Gasteiger partial charge in [-0.25, -0.2) is 4.99 Å². The lowest BCUT2D eigenvalue weighted by Crippen LogP contribution is -2.42. The van der Waals surface area contributed by atoms with Crippen LogP contribution in [0.15, 0.2) is 17.4 Å². The number of amides is 1. The Morgan fingerprint density at radius 2 is 2.17 bits per heavy atom. The number of halogens is 1. The number of aryl methyl sites for hydroxylation is 1. The van der Waals surface area contributed by atoms with Crippen LogP contribution in [0.1, 0.15) is 30.7 Å². The van der Waals surface area contributed by atoms with Gasteiger partial charge >= 0.3 is 0 Å². The van der Waals surface area contributed by atoms with Gasteiger partial charge in [0.1, 0.15) is 6.54 Å². The fourth-order valence-electron chi connectivity index (χ4n) is 2.81. The van der Waals surface area contributed by atoms with Gasteiger partial charge in [-0.1, -0.05) is 0 Å². The smallest absolute Gasteiger partial charge is 0.243 e. The van der Waals surface area contributed by atoms with E-state index in [-0.39, 0.29) is 36.4 Å². The molecule has 1 aromatic heterocycles. The number of carbonyl (C=O) groups excluding carboxylic acids is 1. The number of guanidine groups is 1. The highest BCUT2D eigenvalue weighted by molar-refractivity contribution is 14.0. The van der Waals surface area contributed by atoms with Crippen LogP contribution in [-0.4, -0.2) is 71.2 Å². The number of carbonyl (C=O) groups is 1. The summed E-state index contributed by atoms with van der Waals surface area (Å²) in [5, 5.41) is 7.76. The first-order valence-corrected chi connectivity index (χ1v) is 8.27. The van der Waals surface area contributed by atoms with Gasteiger partial charge in [-0.15, -0.1) is 24.0 Å². The predicted octanol–water partition coefficient (Wildman–Crippen LogP) is 1.02. The predicted molar refractivity (Wildman–Crippen MR) is 105 cm³/mol. The van der Waals surface area contributed by atoms with Crippen molar-refractivity contribution in [2.24, 2.45) is 12.0 Å². The third-order valence-electron chi connectivity index (χ3n) is 4.46. The molecule has 3 rings (SSSR count). The summed E-state index contributed by atoms with van der Waals surface area (Å²) < 4.78 is 1.85. The van der Waals surface area contributed by atoms with Crippen molar-refractivity contribution in [3.8, 4) is 0 Å². The fourth-order valence-corrected chi connectivity index (χ4v) is 2.81. The third kappa shape index (κ3) is 4.84. The molecule has 134 valence electrons. The molecule has 8 heteroatoms. The van der Waals surface area contributed by atoms with Crippen molar-refractivity contribution in [2.45, 2.75) is 31.2 Å². The van der Waals surface area contributed by atoms with Gasteiger partial charge in [0, 0.05) is 52.4 Å². The number of nitrogens with zero attached hydrogens (tertiary/aromatic N) is 5. The Morgan fingerprint density at radius 1 is 1.42 bits per heavy atom. The molecule has 0 aromatic carbocycles. The van der Waals surface area contributed by atoms with Crippen LogP contribution in [0.3, 0.4) is 0 Å². The van der Waals surface area contributed by atoms with Crippen molar-refractivity contribution in [1.82, 2.24) is 24.9 Å². The number of likely N-dealkylation sites (N-methyl/N-ethyl adjacent to an activating group) is 1. The van der Waals surface area contributed by atoms with E-state index >= 15 is 0 Å². The number of aromatic nitrogens is 2. The molecule has 0 spiro atoms. The summed E-state index contributed by atoms with van der Waals surface area (Å²) in [4.78, 5) is 20.2. The quantitative estimate of drug-likeness (QED) is 0.426. The summed E-state index contributed by atoms with van der Waals surface area (Å²) in [7, 11) is 5.48. The van der Waals surface area contributed by atoms with Crippen molar-refractivity contribution in [1.29, 1.82) is 0 Å². The summed E-state index contributed by atoms with van der Waals surface area (Å²) in [6, 6.07) is 0.528. The van der Waals surface area contributed by atoms with E-state index in [2.05, 4.69) is 26.5 Å². The van der Waals surface area contributed by atoms with E-state index in [0.717, 1.165) is 25.5 Å². The molecule has 1 aliphatic carbocycles. The maximum atomic E-state index is 11.8. The lowest BCUT2D eigenvalue weighted by Gasteiger charge is -2.22. The molecule has 1 saturated carbocycles. The summed E-state index contributed by atoms with van der Waals surface area (Å²) in [5.74, 6) is 1.40. The van der Waals surface area contributed by atoms with Crippen molar-refractivity contribution >= 4 is 35.8 Å². The minimum Gasteiger partial charge on any atom is -0.353 e. The Balaban J connectivity index is 0.00000208.